The summed E-state index contributed by atoms with van der Waals surface area (Å²) >= 11 is 0. The summed E-state index contributed by atoms with van der Waals surface area (Å²) in [5.41, 5.74) is 11.2. The van der Waals surface area contributed by atoms with Crippen molar-refractivity contribution in [3.63, 3.8) is 0 Å². The number of hydrogen-bond donors (Lipinski definition) is 2. The van der Waals surface area contributed by atoms with Gasteiger partial charge >= 0.3 is 0 Å². The van der Waals surface area contributed by atoms with Gasteiger partial charge in [0.05, 0.1) is 6.54 Å². The second kappa shape index (κ2) is 6.97. The molecule has 0 bridgehead atoms. The van der Waals surface area contributed by atoms with Gasteiger partial charge in [-0.3, -0.25) is 9.69 Å². The molecule has 0 aromatic carbocycles. The average Bonchev–Trinajstić information content (AvgIpc) is 2.49. The van der Waals surface area contributed by atoms with E-state index in [0.717, 1.165) is 6.42 Å². The maximum Gasteiger partial charge on any atom is 0.231 e. The van der Waals surface area contributed by atoms with E-state index in [1.165, 1.54) is 25.7 Å². The Labute approximate surface area is 105 Å². The van der Waals surface area contributed by atoms with Crippen LogP contribution in [0.2, 0.25) is 0 Å². The highest BCUT2D eigenvalue weighted by atomic mass is 16.1. The number of hydrogen-bond acceptors (Lipinski definition) is 3. The molecule has 0 aromatic heterocycles. The third-order valence-electron chi connectivity index (χ3n) is 3.85. The molecule has 0 heterocycles. The van der Waals surface area contributed by atoms with Crippen LogP contribution in [0.25, 0.3) is 0 Å². The van der Waals surface area contributed by atoms with Crippen LogP contribution in [0.1, 0.15) is 46.0 Å². The summed E-state index contributed by atoms with van der Waals surface area (Å²) in [5.74, 6) is 0.276. The first-order chi connectivity index (χ1) is 8.06. The second-order valence-electron chi connectivity index (χ2n) is 5.43. The van der Waals surface area contributed by atoms with Gasteiger partial charge in [0.1, 0.15) is 0 Å². The highest BCUT2D eigenvalue weighted by Crippen LogP contribution is 2.27. The largest absolute Gasteiger partial charge is 0.369 e. The summed E-state index contributed by atoms with van der Waals surface area (Å²) in [6, 6.07) is 0.773. The van der Waals surface area contributed by atoms with Crippen molar-refractivity contribution in [2.24, 2.45) is 17.4 Å². The Morgan fingerprint density at radius 2 is 1.94 bits per heavy atom. The Hall–Kier alpha value is -0.610. The van der Waals surface area contributed by atoms with E-state index >= 15 is 0 Å². The van der Waals surface area contributed by atoms with E-state index in [1.807, 2.05) is 0 Å². The minimum absolute atomic E-state index is 0.237. The van der Waals surface area contributed by atoms with E-state index in [4.69, 9.17) is 11.5 Å². The highest BCUT2D eigenvalue weighted by Gasteiger charge is 2.30. The highest BCUT2D eigenvalue weighted by molar-refractivity contribution is 5.76. The zero-order chi connectivity index (χ0) is 12.8. The Kier molecular flexibility index (Phi) is 5.92. The van der Waals surface area contributed by atoms with Gasteiger partial charge in [-0.1, -0.05) is 19.3 Å². The summed E-state index contributed by atoms with van der Waals surface area (Å²) < 4.78 is 0. The van der Waals surface area contributed by atoms with Crippen LogP contribution in [0.3, 0.4) is 0 Å². The van der Waals surface area contributed by atoms with Crippen molar-refractivity contribution < 1.29 is 4.79 Å². The minimum atomic E-state index is -0.237. The zero-order valence-electron chi connectivity index (χ0n) is 11.2. The second-order valence-corrected chi connectivity index (χ2v) is 5.43. The van der Waals surface area contributed by atoms with Gasteiger partial charge in [0, 0.05) is 12.1 Å². The summed E-state index contributed by atoms with van der Waals surface area (Å²) in [7, 11) is 0. The number of primary amides is 1. The van der Waals surface area contributed by atoms with Crippen LogP contribution in [-0.2, 0) is 4.79 Å². The molecule has 1 aliphatic rings. The van der Waals surface area contributed by atoms with Crippen molar-refractivity contribution >= 4 is 5.91 Å². The van der Waals surface area contributed by atoms with Crippen LogP contribution >= 0.6 is 0 Å². The SMILES string of the molecule is CC(C)N(CC(N)=O)C1CCCCCC1CN. The topological polar surface area (TPSA) is 72.3 Å². The smallest absolute Gasteiger partial charge is 0.231 e. The summed E-state index contributed by atoms with van der Waals surface area (Å²) in [6.07, 6.45) is 6.12. The number of carbonyl (C=O) groups excluding carboxylic acids is 1. The van der Waals surface area contributed by atoms with Crippen molar-refractivity contribution in [3.05, 3.63) is 0 Å². The molecule has 0 aromatic rings. The molecule has 1 aliphatic carbocycles. The molecular weight excluding hydrogens is 214 g/mol. The molecule has 0 radical (unpaired) electrons. The lowest BCUT2D eigenvalue weighted by molar-refractivity contribution is -0.120. The third kappa shape index (κ3) is 4.28. The Morgan fingerprint density at radius 3 is 2.47 bits per heavy atom. The molecule has 4 N–H and O–H groups in total. The molecule has 2 atom stereocenters. The fourth-order valence-corrected chi connectivity index (χ4v) is 2.94. The molecule has 4 nitrogen and oxygen atoms in total. The number of nitrogens with zero attached hydrogens (tertiary/aromatic N) is 1. The molecule has 0 aliphatic heterocycles. The van der Waals surface area contributed by atoms with Gasteiger partial charge < -0.3 is 11.5 Å². The Morgan fingerprint density at radius 1 is 1.29 bits per heavy atom. The van der Waals surface area contributed by atoms with Crippen LogP contribution in [-0.4, -0.2) is 36.0 Å². The fourth-order valence-electron chi connectivity index (χ4n) is 2.94. The maximum atomic E-state index is 11.2. The number of amides is 1. The van der Waals surface area contributed by atoms with Gasteiger partial charge in [0.25, 0.3) is 0 Å². The van der Waals surface area contributed by atoms with Gasteiger partial charge in [-0.25, -0.2) is 0 Å². The molecule has 17 heavy (non-hydrogen) atoms. The fraction of sp³-hybridized carbons (Fsp3) is 0.923. The van der Waals surface area contributed by atoms with E-state index in [1.54, 1.807) is 0 Å². The predicted octanol–water partition coefficient (Wildman–Crippen LogP) is 1.09. The summed E-state index contributed by atoms with van der Waals surface area (Å²) in [4.78, 5) is 13.4. The summed E-state index contributed by atoms with van der Waals surface area (Å²) in [6.45, 7) is 5.33. The molecule has 1 saturated carbocycles. The monoisotopic (exact) mass is 241 g/mol. The Balaban J connectivity index is 2.76. The molecule has 4 heteroatoms. The van der Waals surface area contributed by atoms with E-state index in [-0.39, 0.29) is 5.91 Å². The first-order valence-corrected chi connectivity index (χ1v) is 6.80. The lowest BCUT2D eigenvalue weighted by Gasteiger charge is -2.38. The maximum absolute atomic E-state index is 11.2. The third-order valence-corrected chi connectivity index (χ3v) is 3.85. The normalized spacial score (nSPS) is 26.2. The standard InChI is InChI=1S/C13H27N3O/c1-10(2)16(9-13(15)17)12-7-5-3-4-6-11(12)8-14/h10-12H,3-9,14H2,1-2H3,(H2,15,17). The van der Waals surface area contributed by atoms with Gasteiger partial charge in [0.2, 0.25) is 5.91 Å². The molecule has 100 valence electrons. The van der Waals surface area contributed by atoms with E-state index < -0.39 is 0 Å². The molecule has 2 unspecified atom stereocenters. The van der Waals surface area contributed by atoms with Crippen molar-refractivity contribution in [3.8, 4) is 0 Å². The number of nitrogens with two attached hydrogens (primary N) is 2. The zero-order valence-corrected chi connectivity index (χ0v) is 11.2. The first kappa shape index (κ1) is 14.5. The van der Waals surface area contributed by atoms with Gasteiger partial charge in [-0.15, -0.1) is 0 Å². The quantitative estimate of drug-likeness (QED) is 0.708. The molecular formula is C13H27N3O. The number of carbonyl (C=O) groups is 1. The first-order valence-electron chi connectivity index (χ1n) is 6.80. The van der Waals surface area contributed by atoms with E-state index in [2.05, 4.69) is 18.7 Å². The van der Waals surface area contributed by atoms with Gasteiger partial charge in [-0.05, 0) is 39.2 Å². The molecule has 1 fully saturated rings. The van der Waals surface area contributed by atoms with Gasteiger partial charge in [0.15, 0.2) is 0 Å². The van der Waals surface area contributed by atoms with Crippen LogP contribution in [0.4, 0.5) is 0 Å². The predicted molar refractivity (Wildman–Crippen MR) is 70.5 cm³/mol. The lowest BCUT2D eigenvalue weighted by Crippen LogP contribution is -2.49. The average molecular weight is 241 g/mol. The van der Waals surface area contributed by atoms with Crippen LogP contribution in [0.15, 0.2) is 0 Å². The summed E-state index contributed by atoms with van der Waals surface area (Å²) in [5, 5.41) is 0. The van der Waals surface area contributed by atoms with Gasteiger partial charge in [-0.2, -0.15) is 0 Å². The van der Waals surface area contributed by atoms with E-state index in [0.29, 0.717) is 31.1 Å². The molecule has 0 saturated heterocycles. The molecule has 1 amide bonds. The molecule has 0 spiro atoms. The molecule has 1 rings (SSSR count). The van der Waals surface area contributed by atoms with Crippen molar-refractivity contribution in [1.82, 2.24) is 4.90 Å². The van der Waals surface area contributed by atoms with E-state index in [9.17, 15) is 4.79 Å². The number of rotatable bonds is 5. The van der Waals surface area contributed by atoms with Crippen LogP contribution < -0.4 is 11.5 Å². The van der Waals surface area contributed by atoms with Crippen molar-refractivity contribution in [2.75, 3.05) is 13.1 Å². The minimum Gasteiger partial charge on any atom is -0.369 e. The van der Waals surface area contributed by atoms with Crippen LogP contribution in [0, 0.1) is 5.92 Å². The van der Waals surface area contributed by atoms with Crippen LogP contribution in [0.5, 0.6) is 0 Å². The van der Waals surface area contributed by atoms with Crippen molar-refractivity contribution in [1.29, 1.82) is 0 Å². The Bertz CT molecular complexity index is 243. The lowest BCUT2D eigenvalue weighted by atomic mass is 9.92. The van der Waals surface area contributed by atoms with Crippen molar-refractivity contribution in [2.45, 2.75) is 58.0 Å².